The molecule has 66 valence electrons. The van der Waals surface area contributed by atoms with Gasteiger partial charge in [0.1, 0.15) is 5.69 Å². The van der Waals surface area contributed by atoms with E-state index < -0.39 is 0 Å². The number of H-pyrrole nitrogens is 1. The first kappa shape index (κ1) is 7.91. The second-order valence-electron chi connectivity index (χ2n) is 2.76. The molecule has 0 aliphatic rings. The molecule has 2 aromatic rings. The zero-order valence-electron chi connectivity index (χ0n) is 7.36. The zero-order chi connectivity index (χ0) is 9.10. The van der Waals surface area contributed by atoms with E-state index in [4.69, 9.17) is 0 Å². The van der Waals surface area contributed by atoms with E-state index in [1.165, 1.54) is 5.56 Å². The summed E-state index contributed by atoms with van der Waals surface area (Å²) in [6.45, 7) is 2.10. The van der Waals surface area contributed by atoms with E-state index in [1.54, 1.807) is 6.20 Å². The summed E-state index contributed by atoms with van der Waals surface area (Å²) in [4.78, 5) is 4.27. The van der Waals surface area contributed by atoms with Crippen LogP contribution in [-0.2, 0) is 6.42 Å². The number of hydrogen-bond donors (Lipinski definition) is 1. The summed E-state index contributed by atoms with van der Waals surface area (Å²) in [5.41, 5.74) is 2.86. The fraction of sp³-hybridized carbons (Fsp3) is 0.222. The van der Waals surface area contributed by atoms with Gasteiger partial charge < -0.3 is 0 Å². The van der Waals surface area contributed by atoms with Crippen molar-refractivity contribution in [2.24, 2.45) is 0 Å². The van der Waals surface area contributed by atoms with Crippen molar-refractivity contribution in [1.29, 1.82) is 0 Å². The van der Waals surface area contributed by atoms with Crippen LogP contribution in [0.15, 0.2) is 24.5 Å². The van der Waals surface area contributed by atoms with Crippen LogP contribution in [0.1, 0.15) is 12.5 Å². The molecule has 4 nitrogen and oxygen atoms in total. The molecular formula is C9H10N4. The van der Waals surface area contributed by atoms with Gasteiger partial charge in [-0.05, 0) is 18.1 Å². The lowest BCUT2D eigenvalue weighted by molar-refractivity contribution is 0.940. The maximum atomic E-state index is 4.27. The molecular weight excluding hydrogens is 164 g/mol. The van der Waals surface area contributed by atoms with Gasteiger partial charge in [0.05, 0.1) is 11.9 Å². The van der Waals surface area contributed by atoms with Crippen molar-refractivity contribution in [2.45, 2.75) is 13.3 Å². The molecule has 0 fully saturated rings. The van der Waals surface area contributed by atoms with Crippen LogP contribution in [0.5, 0.6) is 0 Å². The van der Waals surface area contributed by atoms with E-state index in [2.05, 4.69) is 33.4 Å². The lowest BCUT2D eigenvalue weighted by Gasteiger charge is -1.96. The van der Waals surface area contributed by atoms with Crippen LogP contribution in [-0.4, -0.2) is 20.4 Å². The van der Waals surface area contributed by atoms with Crippen LogP contribution < -0.4 is 0 Å². The molecule has 0 unspecified atom stereocenters. The average molecular weight is 174 g/mol. The van der Waals surface area contributed by atoms with Gasteiger partial charge in [-0.25, -0.2) is 0 Å². The largest absolute Gasteiger partial charge is 0.254 e. The van der Waals surface area contributed by atoms with E-state index in [0.29, 0.717) is 0 Å². The Kier molecular flexibility index (Phi) is 2.04. The van der Waals surface area contributed by atoms with Crippen LogP contribution in [0, 0.1) is 0 Å². The number of pyridine rings is 1. The Hall–Kier alpha value is -1.71. The SMILES string of the molecule is CCc1ccc(-c2cn[nH]n2)nc1. The second-order valence-corrected chi connectivity index (χ2v) is 2.76. The average Bonchev–Trinajstić information content (AvgIpc) is 2.71. The molecule has 0 amide bonds. The number of aromatic amines is 1. The molecule has 0 aromatic carbocycles. The lowest BCUT2D eigenvalue weighted by Crippen LogP contribution is -1.86. The van der Waals surface area contributed by atoms with Crippen molar-refractivity contribution in [3.8, 4) is 11.4 Å². The van der Waals surface area contributed by atoms with E-state index in [0.717, 1.165) is 17.8 Å². The Morgan fingerprint density at radius 1 is 1.23 bits per heavy atom. The van der Waals surface area contributed by atoms with Crippen LogP contribution in [0.25, 0.3) is 11.4 Å². The Morgan fingerprint density at radius 2 is 2.15 bits per heavy atom. The Labute approximate surface area is 76.0 Å². The van der Waals surface area contributed by atoms with Gasteiger partial charge in [-0.1, -0.05) is 13.0 Å². The van der Waals surface area contributed by atoms with E-state index >= 15 is 0 Å². The summed E-state index contributed by atoms with van der Waals surface area (Å²) in [6.07, 6.45) is 4.53. The third-order valence-electron chi connectivity index (χ3n) is 1.91. The second kappa shape index (κ2) is 3.35. The van der Waals surface area contributed by atoms with Gasteiger partial charge in [0.15, 0.2) is 0 Å². The minimum Gasteiger partial charge on any atom is -0.254 e. The monoisotopic (exact) mass is 174 g/mol. The molecule has 4 heteroatoms. The molecule has 0 atom stereocenters. The number of nitrogens with zero attached hydrogens (tertiary/aromatic N) is 3. The van der Waals surface area contributed by atoms with Crippen molar-refractivity contribution in [1.82, 2.24) is 20.4 Å². The van der Waals surface area contributed by atoms with E-state index in [9.17, 15) is 0 Å². The molecule has 2 rings (SSSR count). The summed E-state index contributed by atoms with van der Waals surface area (Å²) in [5.74, 6) is 0. The summed E-state index contributed by atoms with van der Waals surface area (Å²) in [5, 5.41) is 10.2. The first-order chi connectivity index (χ1) is 6.40. The third kappa shape index (κ3) is 1.56. The summed E-state index contributed by atoms with van der Waals surface area (Å²) >= 11 is 0. The van der Waals surface area contributed by atoms with Crippen LogP contribution in [0.2, 0.25) is 0 Å². The van der Waals surface area contributed by atoms with E-state index in [1.807, 2.05) is 12.3 Å². The van der Waals surface area contributed by atoms with Crippen LogP contribution >= 0.6 is 0 Å². The standard InChI is InChI=1S/C9H10N4/c1-2-7-3-4-8(10-5-7)9-6-11-13-12-9/h3-6H,2H2,1H3,(H,11,12,13). The molecule has 0 radical (unpaired) electrons. The highest BCUT2D eigenvalue weighted by Gasteiger charge is 2.00. The van der Waals surface area contributed by atoms with Crippen molar-refractivity contribution in [2.75, 3.05) is 0 Å². The van der Waals surface area contributed by atoms with Gasteiger partial charge in [-0.2, -0.15) is 15.4 Å². The first-order valence-electron chi connectivity index (χ1n) is 4.21. The van der Waals surface area contributed by atoms with Gasteiger partial charge in [-0.15, -0.1) is 0 Å². The van der Waals surface area contributed by atoms with Crippen molar-refractivity contribution < 1.29 is 0 Å². The molecule has 2 aromatic heterocycles. The quantitative estimate of drug-likeness (QED) is 0.749. The smallest absolute Gasteiger partial charge is 0.131 e. The maximum Gasteiger partial charge on any atom is 0.131 e. The fourth-order valence-corrected chi connectivity index (χ4v) is 1.11. The first-order valence-corrected chi connectivity index (χ1v) is 4.21. The zero-order valence-corrected chi connectivity index (χ0v) is 7.36. The Morgan fingerprint density at radius 3 is 2.69 bits per heavy atom. The normalized spacial score (nSPS) is 10.2. The van der Waals surface area contributed by atoms with Gasteiger partial charge in [0, 0.05) is 6.20 Å². The Bertz CT molecular complexity index is 363. The molecule has 2 heterocycles. The van der Waals surface area contributed by atoms with Gasteiger partial charge in [0.2, 0.25) is 0 Å². The molecule has 0 saturated heterocycles. The van der Waals surface area contributed by atoms with Crippen LogP contribution in [0.4, 0.5) is 0 Å². The molecule has 0 bridgehead atoms. The predicted octanol–water partition coefficient (Wildman–Crippen LogP) is 1.43. The van der Waals surface area contributed by atoms with Crippen LogP contribution in [0.3, 0.4) is 0 Å². The Balaban J connectivity index is 2.33. The minimum atomic E-state index is 0.780. The summed E-state index contributed by atoms with van der Waals surface area (Å²) < 4.78 is 0. The highest BCUT2D eigenvalue weighted by Crippen LogP contribution is 2.11. The molecule has 0 spiro atoms. The maximum absolute atomic E-state index is 4.27. The van der Waals surface area contributed by atoms with Crippen molar-refractivity contribution >= 4 is 0 Å². The predicted molar refractivity (Wildman–Crippen MR) is 49.0 cm³/mol. The lowest BCUT2D eigenvalue weighted by atomic mass is 10.2. The number of rotatable bonds is 2. The molecule has 1 N–H and O–H groups in total. The molecule has 0 aliphatic heterocycles. The fourth-order valence-electron chi connectivity index (χ4n) is 1.11. The van der Waals surface area contributed by atoms with Crippen molar-refractivity contribution in [3.05, 3.63) is 30.1 Å². The highest BCUT2D eigenvalue weighted by atomic mass is 15.3. The van der Waals surface area contributed by atoms with Gasteiger partial charge in [-0.3, -0.25) is 4.98 Å². The number of aromatic nitrogens is 4. The van der Waals surface area contributed by atoms with E-state index in [-0.39, 0.29) is 0 Å². The minimum absolute atomic E-state index is 0.780. The molecule has 0 saturated carbocycles. The van der Waals surface area contributed by atoms with Crippen molar-refractivity contribution in [3.63, 3.8) is 0 Å². The summed E-state index contributed by atoms with van der Waals surface area (Å²) in [6, 6.07) is 4.01. The topological polar surface area (TPSA) is 54.5 Å². The summed E-state index contributed by atoms with van der Waals surface area (Å²) in [7, 11) is 0. The molecule has 13 heavy (non-hydrogen) atoms. The number of nitrogens with one attached hydrogen (secondary N) is 1. The van der Waals surface area contributed by atoms with Gasteiger partial charge >= 0.3 is 0 Å². The highest BCUT2D eigenvalue weighted by molar-refractivity contribution is 5.51. The third-order valence-corrected chi connectivity index (χ3v) is 1.91. The molecule has 0 aliphatic carbocycles. The van der Waals surface area contributed by atoms with Gasteiger partial charge in [0.25, 0.3) is 0 Å². The number of aryl methyl sites for hydroxylation is 1. The number of hydrogen-bond acceptors (Lipinski definition) is 3.